The van der Waals surface area contributed by atoms with Gasteiger partial charge in [-0.3, -0.25) is 0 Å². The highest BCUT2D eigenvalue weighted by atomic mass is 32.1. The Labute approximate surface area is 369 Å². The van der Waals surface area contributed by atoms with Gasteiger partial charge in [0.2, 0.25) is 0 Å². The molecule has 2 nitrogen and oxygen atoms in total. The summed E-state index contributed by atoms with van der Waals surface area (Å²) < 4.78 is 0. The third-order valence-corrected chi connectivity index (χ3v) is 16.2. The number of fused-ring (bicyclic) bond motifs is 4. The zero-order valence-electron chi connectivity index (χ0n) is 35.2. The molecule has 0 N–H and O–H groups in total. The van der Waals surface area contributed by atoms with Gasteiger partial charge in [0.15, 0.2) is 0 Å². The number of hydrogen-bond donors (Lipinski definition) is 0. The van der Waals surface area contributed by atoms with Crippen LogP contribution in [0.3, 0.4) is 0 Å². The lowest BCUT2D eigenvalue weighted by molar-refractivity contribution is 0.398. The molecule has 5 heteroatoms. The summed E-state index contributed by atoms with van der Waals surface area (Å²) >= 11 is 5.52. The monoisotopic (exact) mass is 840 g/mol. The molecule has 0 bridgehead atoms. The van der Waals surface area contributed by atoms with E-state index in [4.69, 9.17) is 9.97 Å². The van der Waals surface area contributed by atoms with Gasteiger partial charge in [-0.1, -0.05) is 194 Å². The molecular formula is C55H56N2S3. The molecule has 0 fully saturated rings. The Hall–Kier alpha value is -4.68. The minimum absolute atomic E-state index is 0.0665. The van der Waals surface area contributed by atoms with E-state index in [0.29, 0.717) is 0 Å². The number of hydrogen-bond acceptors (Lipinski definition) is 5. The summed E-state index contributed by atoms with van der Waals surface area (Å²) in [6.45, 7) is 4.64. The zero-order valence-corrected chi connectivity index (χ0v) is 37.7. The summed E-state index contributed by atoms with van der Waals surface area (Å²) in [6, 6.07) is 47.0. The molecule has 0 radical (unpaired) electrons. The third-order valence-electron chi connectivity index (χ3n) is 12.7. The average molecular weight is 841 g/mol. The van der Waals surface area contributed by atoms with Gasteiger partial charge in [-0.05, 0) is 70.3 Å². The highest BCUT2D eigenvalue weighted by molar-refractivity contribution is 7.28. The molecule has 0 saturated carbocycles. The van der Waals surface area contributed by atoms with E-state index in [1.54, 1.807) is 22.5 Å². The first-order chi connectivity index (χ1) is 29.7. The Morgan fingerprint density at radius 1 is 0.433 bits per heavy atom. The molecule has 4 heterocycles. The van der Waals surface area contributed by atoms with Crippen LogP contribution in [0.25, 0.3) is 74.6 Å². The highest BCUT2D eigenvalue weighted by Gasteiger charge is 2.42. The lowest BCUT2D eigenvalue weighted by Crippen LogP contribution is -2.25. The molecule has 0 spiro atoms. The van der Waals surface area contributed by atoms with E-state index in [9.17, 15) is 0 Å². The van der Waals surface area contributed by atoms with Crippen LogP contribution in [0, 0.1) is 0 Å². The van der Waals surface area contributed by atoms with Gasteiger partial charge in [-0.2, -0.15) is 0 Å². The van der Waals surface area contributed by atoms with Gasteiger partial charge in [-0.15, -0.1) is 34.0 Å². The van der Waals surface area contributed by atoms with E-state index in [1.807, 2.05) is 22.7 Å². The smallest absolute Gasteiger partial charge is 0.110 e. The fraction of sp³-hybridized carbons (Fsp3) is 0.309. The van der Waals surface area contributed by atoms with E-state index in [2.05, 4.69) is 147 Å². The van der Waals surface area contributed by atoms with Crippen molar-refractivity contribution in [3.8, 4) is 63.6 Å². The number of thiophene rings is 3. The molecule has 9 rings (SSSR count). The van der Waals surface area contributed by atoms with Crippen LogP contribution in [-0.4, -0.2) is 9.97 Å². The van der Waals surface area contributed by atoms with Crippen LogP contribution >= 0.6 is 34.0 Å². The van der Waals surface area contributed by atoms with Crippen LogP contribution in [0.15, 0.2) is 133 Å². The zero-order chi connectivity index (χ0) is 40.7. The number of unbranched alkanes of at least 4 members (excludes halogenated alkanes) is 10. The second kappa shape index (κ2) is 18.9. The van der Waals surface area contributed by atoms with Gasteiger partial charge in [-0.25, -0.2) is 9.97 Å². The number of benzene rings is 4. The second-order valence-corrected chi connectivity index (χ2v) is 19.7. The van der Waals surface area contributed by atoms with Crippen molar-refractivity contribution < 1.29 is 0 Å². The maximum Gasteiger partial charge on any atom is 0.110 e. The predicted octanol–water partition coefficient (Wildman–Crippen LogP) is 17.9. The van der Waals surface area contributed by atoms with E-state index >= 15 is 0 Å². The number of rotatable bonds is 19. The molecule has 0 amide bonds. The molecule has 304 valence electrons. The Balaban J connectivity index is 1.12. The van der Waals surface area contributed by atoms with Crippen molar-refractivity contribution in [1.29, 1.82) is 0 Å². The van der Waals surface area contributed by atoms with Crippen LogP contribution < -0.4 is 0 Å². The minimum Gasteiger partial charge on any atom is -0.242 e. The van der Waals surface area contributed by atoms with Crippen molar-refractivity contribution >= 4 is 45.0 Å². The molecule has 60 heavy (non-hydrogen) atoms. The molecule has 0 aliphatic heterocycles. The Morgan fingerprint density at radius 3 is 1.60 bits per heavy atom. The standard InChI is InChI=1S/C55H56N2S3/c1-3-5-7-9-11-21-35-55(36-22-12-10-8-6-4-2)44-29-20-19-28-42(44)43-32-31-41(38-45(43)55)46-33-34-48(59-46)54-52-51(53(60-54)47-30-23-37-58-47)56-49(39-24-15-13-16-25-39)50(57-52)40-26-17-14-18-27-40/h13-20,23-34,37-38H,3-12,21-22,35-36H2,1-2H3. The first-order valence-corrected chi connectivity index (χ1v) is 25.0. The van der Waals surface area contributed by atoms with E-state index in [-0.39, 0.29) is 5.41 Å². The molecule has 1 aliphatic carbocycles. The number of nitrogens with zero attached hydrogens (tertiary/aromatic N) is 2. The maximum absolute atomic E-state index is 5.56. The van der Waals surface area contributed by atoms with E-state index in [1.165, 1.54) is 131 Å². The first-order valence-electron chi connectivity index (χ1n) is 22.5. The van der Waals surface area contributed by atoms with Gasteiger partial charge in [0, 0.05) is 31.2 Å². The van der Waals surface area contributed by atoms with Crippen molar-refractivity contribution in [3.05, 3.63) is 144 Å². The lowest BCUT2D eigenvalue weighted by Gasteiger charge is -2.33. The van der Waals surface area contributed by atoms with Crippen LogP contribution in [0.1, 0.15) is 115 Å². The van der Waals surface area contributed by atoms with Gasteiger partial charge < -0.3 is 0 Å². The van der Waals surface area contributed by atoms with E-state index in [0.717, 1.165) is 33.5 Å². The van der Waals surface area contributed by atoms with Crippen molar-refractivity contribution in [2.45, 2.75) is 109 Å². The molecule has 4 aromatic heterocycles. The van der Waals surface area contributed by atoms with Crippen LogP contribution in [0.5, 0.6) is 0 Å². The summed E-state index contributed by atoms with van der Waals surface area (Å²) in [7, 11) is 0. The summed E-state index contributed by atoms with van der Waals surface area (Å²) in [5, 5.41) is 2.17. The fourth-order valence-electron chi connectivity index (χ4n) is 9.59. The molecule has 0 atom stereocenters. The molecule has 1 aliphatic rings. The topological polar surface area (TPSA) is 25.8 Å². The molecule has 4 aromatic carbocycles. The highest BCUT2D eigenvalue weighted by Crippen LogP contribution is 2.56. The summed E-state index contributed by atoms with van der Waals surface area (Å²) in [5.41, 5.74) is 13.4. The largest absolute Gasteiger partial charge is 0.242 e. The minimum atomic E-state index is 0.0665. The molecule has 0 unspecified atom stereocenters. The molecule has 8 aromatic rings. The predicted molar refractivity (Wildman–Crippen MR) is 263 cm³/mol. The van der Waals surface area contributed by atoms with Gasteiger partial charge in [0.25, 0.3) is 0 Å². The summed E-state index contributed by atoms with van der Waals surface area (Å²) in [6.07, 6.45) is 18.4. The van der Waals surface area contributed by atoms with Gasteiger partial charge in [0.05, 0.1) is 21.1 Å². The summed E-state index contributed by atoms with van der Waals surface area (Å²) in [4.78, 5) is 17.3. The second-order valence-electron chi connectivity index (χ2n) is 16.7. The molecule has 0 saturated heterocycles. The number of aromatic nitrogens is 2. The van der Waals surface area contributed by atoms with Crippen LogP contribution in [0.4, 0.5) is 0 Å². The first kappa shape index (κ1) is 40.7. The Kier molecular flexibility index (Phi) is 12.8. The average Bonchev–Trinajstić information content (AvgIpc) is 4.12. The maximum atomic E-state index is 5.56. The van der Waals surface area contributed by atoms with Crippen molar-refractivity contribution in [3.63, 3.8) is 0 Å². The lowest BCUT2D eigenvalue weighted by atomic mass is 9.70. The Morgan fingerprint density at radius 2 is 0.983 bits per heavy atom. The SMILES string of the molecule is CCCCCCCCC1(CCCCCCCC)c2ccccc2-c2ccc(-c3ccc(-c4sc(-c5cccs5)c5nc(-c6ccccc6)c(-c6ccccc6)nc45)s3)cc21. The van der Waals surface area contributed by atoms with Crippen molar-refractivity contribution in [2.75, 3.05) is 0 Å². The van der Waals surface area contributed by atoms with Crippen molar-refractivity contribution in [2.24, 2.45) is 0 Å². The van der Waals surface area contributed by atoms with Crippen LogP contribution in [-0.2, 0) is 5.41 Å². The van der Waals surface area contributed by atoms with Gasteiger partial charge in [0.1, 0.15) is 11.0 Å². The normalized spacial score (nSPS) is 12.9. The molecular weight excluding hydrogens is 785 g/mol. The van der Waals surface area contributed by atoms with Crippen LogP contribution in [0.2, 0.25) is 0 Å². The third kappa shape index (κ3) is 8.21. The fourth-order valence-corrected chi connectivity index (χ4v) is 12.7. The quantitative estimate of drug-likeness (QED) is 0.0758. The van der Waals surface area contributed by atoms with Gasteiger partial charge >= 0.3 is 0 Å². The Bertz CT molecular complexity index is 2620. The van der Waals surface area contributed by atoms with Crippen molar-refractivity contribution in [1.82, 2.24) is 9.97 Å². The summed E-state index contributed by atoms with van der Waals surface area (Å²) in [5.74, 6) is 0. The van der Waals surface area contributed by atoms with E-state index < -0.39 is 0 Å².